The van der Waals surface area contributed by atoms with Crippen molar-refractivity contribution in [3.8, 4) is 0 Å². The molecule has 1 heterocycles. The smallest absolute Gasteiger partial charge is 0.310 e. The monoisotopic (exact) mass is 348 g/mol. The third-order valence-corrected chi connectivity index (χ3v) is 5.44. The van der Waals surface area contributed by atoms with Crippen LogP contribution >= 0.6 is 0 Å². The van der Waals surface area contributed by atoms with Gasteiger partial charge in [0.1, 0.15) is 11.9 Å². The first-order chi connectivity index (χ1) is 11.9. The number of hydrogen-bond acceptors (Lipinski definition) is 3. The molecule has 1 aliphatic heterocycles. The van der Waals surface area contributed by atoms with Crippen LogP contribution in [0.2, 0.25) is 0 Å². The molecule has 6 nitrogen and oxygen atoms in total. The number of anilines is 1. The highest BCUT2D eigenvalue weighted by atomic mass is 19.1. The van der Waals surface area contributed by atoms with Crippen molar-refractivity contribution < 1.29 is 23.9 Å². The van der Waals surface area contributed by atoms with Crippen molar-refractivity contribution >= 4 is 23.5 Å². The maximum atomic E-state index is 13.9. The zero-order valence-electron chi connectivity index (χ0n) is 14.1. The largest absolute Gasteiger partial charge is 0.481 e. The van der Waals surface area contributed by atoms with Gasteiger partial charge in [0.2, 0.25) is 11.8 Å². The van der Waals surface area contributed by atoms with Crippen molar-refractivity contribution in [3.05, 3.63) is 30.1 Å². The summed E-state index contributed by atoms with van der Waals surface area (Å²) in [6.07, 6.45) is 2.08. The molecule has 2 amide bonds. The van der Waals surface area contributed by atoms with Gasteiger partial charge in [0.25, 0.3) is 0 Å². The van der Waals surface area contributed by atoms with E-state index in [1.165, 1.54) is 29.0 Å². The van der Waals surface area contributed by atoms with Crippen LogP contribution in [0.15, 0.2) is 24.3 Å². The fraction of sp³-hybridized carbons (Fsp3) is 0.500. The molecule has 1 atom stereocenters. The fourth-order valence-electron chi connectivity index (χ4n) is 3.59. The highest BCUT2D eigenvalue weighted by Crippen LogP contribution is 2.44. The number of aliphatic carboxylic acids is 1. The number of halogens is 1. The maximum Gasteiger partial charge on any atom is 0.310 e. The average molecular weight is 348 g/mol. The van der Waals surface area contributed by atoms with Crippen molar-refractivity contribution in [2.24, 2.45) is 5.41 Å². The second-order valence-corrected chi connectivity index (χ2v) is 6.87. The summed E-state index contributed by atoms with van der Waals surface area (Å²) in [7, 11) is 1.52. The molecule has 1 aliphatic carbocycles. The Morgan fingerprint density at radius 3 is 2.60 bits per heavy atom. The third-order valence-electron chi connectivity index (χ3n) is 5.44. The normalized spacial score (nSPS) is 21.8. The molecule has 1 saturated heterocycles. The lowest BCUT2D eigenvalue weighted by atomic mass is 9.66. The summed E-state index contributed by atoms with van der Waals surface area (Å²) in [4.78, 5) is 39.3. The molecule has 2 aliphatic rings. The van der Waals surface area contributed by atoms with E-state index in [0.717, 1.165) is 6.42 Å². The molecule has 0 bridgehead atoms. The molecule has 1 saturated carbocycles. The van der Waals surface area contributed by atoms with Gasteiger partial charge in [-0.25, -0.2) is 4.39 Å². The first-order valence-electron chi connectivity index (χ1n) is 8.41. The van der Waals surface area contributed by atoms with Crippen LogP contribution in [0.5, 0.6) is 0 Å². The van der Waals surface area contributed by atoms with Crippen LogP contribution < -0.4 is 4.90 Å². The second-order valence-electron chi connectivity index (χ2n) is 6.87. The molecule has 2 fully saturated rings. The number of likely N-dealkylation sites (N-methyl/N-ethyl adjacent to an activating group) is 1. The molecule has 1 aromatic carbocycles. The predicted molar refractivity (Wildman–Crippen MR) is 88.5 cm³/mol. The molecule has 1 unspecified atom stereocenters. The van der Waals surface area contributed by atoms with Crippen LogP contribution in [0.4, 0.5) is 10.1 Å². The molecule has 134 valence electrons. The quantitative estimate of drug-likeness (QED) is 0.883. The van der Waals surface area contributed by atoms with Crippen LogP contribution in [-0.2, 0) is 14.4 Å². The zero-order valence-corrected chi connectivity index (χ0v) is 14.1. The number of benzene rings is 1. The summed E-state index contributed by atoms with van der Waals surface area (Å²) in [5.74, 6) is -2.12. The number of para-hydroxylation sites is 1. The minimum atomic E-state index is -0.988. The SMILES string of the molecule is CN(C(=O)CC1(C(=O)O)CCC1)C1CCN(c2ccccc2F)C1=O. The Hall–Kier alpha value is -2.44. The highest BCUT2D eigenvalue weighted by Gasteiger charge is 2.47. The van der Waals surface area contributed by atoms with Crippen LogP contribution in [0.25, 0.3) is 0 Å². The van der Waals surface area contributed by atoms with Crippen molar-refractivity contribution in [1.29, 1.82) is 0 Å². The van der Waals surface area contributed by atoms with E-state index >= 15 is 0 Å². The molecular weight excluding hydrogens is 327 g/mol. The lowest BCUT2D eigenvalue weighted by molar-refractivity contribution is -0.159. The number of carbonyl (C=O) groups is 3. The Bertz CT molecular complexity index is 717. The third kappa shape index (κ3) is 2.99. The van der Waals surface area contributed by atoms with E-state index in [2.05, 4.69) is 0 Å². The summed E-state index contributed by atoms with van der Waals surface area (Å²) in [5.41, 5.74) is -0.782. The van der Waals surface area contributed by atoms with E-state index in [0.29, 0.717) is 25.8 Å². The lowest BCUT2D eigenvalue weighted by Gasteiger charge is -2.38. The van der Waals surface area contributed by atoms with Gasteiger partial charge < -0.3 is 14.9 Å². The van der Waals surface area contributed by atoms with E-state index in [-0.39, 0.29) is 23.9 Å². The van der Waals surface area contributed by atoms with E-state index in [1.807, 2.05) is 0 Å². The van der Waals surface area contributed by atoms with Crippen molar-refractivity contribution in [2.75, 3.05) is 18.5 Å². The highest BCUT2D eigenvalue weighted by molar-refractivity contribution is 6.01. The topological polar surface area (TPSA) is 77.9 Å². The standard InChI is InChI=1S/C18H21FN2O4/c1-20(15(22)11-18(17(24)25)8-4-9-18)14-7-10-21(16(14)23)13-6-3-2-5-12(13)19/h2-3,5-6,14H,4,7-11H2,1H3,(H,24,25). The molecule has 0 spiro atoms. The summed E-state index contributed by atoms with van der Waals surface area (Å²) in [6.45, 7) is 0.326. The molecule has 3 rings (SSSR count). The number of hydrogen-bond donors (Lipinski definition) is 1. The number of nitrogens with zero attached hydrogens (tertiary/aromatic N) is 2. The van der Waals surface area contributed by atoms with Gasteiger partial charge >= 0.3 is 5.97 Å². The van der Waals surface area contributed by atoms with Gasteiger partial charge in [-0.3, -0.25) is 14.4 Å². The molecule has 1 N–H and O–H groups in total. The Balaban J connectivity index is 1.70. The number of amides is 2. The van der Waals surface area contributed by atoms with Gasteiger partial charge in [-0.1, -0.05) is 18.6 Å². The first-order valence-corrected chi connectivity index (χ1v) is 8.41. The number of carboxylic acids is 1. The molecule has 1 aromatic rings. The van der Waals surface area contributed by atoms with Gasteiger partial charge in [-0.2, -0.15) is 0 Å². The molecule has 25 heavy (non-hydrogen) atoms. The van der Waals surface area contributed by atoms with E-state index < -0.39 is 23.2 Å². The van der Waals surface area contributed by atoms with E-state index in [9.17, 15) is 23.9 Å². The number of carboxylic acid groups (broad SMARTS) is 1. The van der Waals surface area contributed by atoms with Crippen molar-refractivity contribution in [3.63, 3.8) is 0 Å². The van der Waals surface area contributed by atoms with Crippen molar-refractivity contribution in [1.82, 2.24) is 4.90 Å². The van der Waals surface area contributed by atoms with E-state index in [4.69, 9.17) is 0 Å². The second kappa shape index (κ2) is 6.46. The Labute approximate surface area is 145 Å². The average Bonchev–Trinajstić information content (AvgIpc) is 2.91. The summed E-state index contributed by atoms with van der Waals surface area (Å²) in [6, 6.07) is 5.35. The molecule has 7 heteroatoms. The number of carbonyl (C=O) groups excluding carboxylic acids is 2. The summed E-state index contributed by atoms with van der Waals surface area (Å²) >= 11 is 0. The van der Waals surface area contributed by atoms with Gasteiger partial charge in [-0.15, -0.1) is 0 Å². The Kier molecular flexibility index (Phi) is 4.49. The molecular formula is C18H21FN2O4. The first kappa shape index (κ1) is 17.4. The van der Waals surface area contributed by atoms with Gasteiger partial charge in [-0.05, 0) is 31.4 Å². The predicted octanol–water partition coefficient (Wildman–Crippen LogP) is 2.03. The zero-order chi connectivity index (χ0) is 18.2. The Morgan fingerprint density at radius 2 is 2.04 bits per heavy atom. The van der Waals surface area contributed by atoms with E-state index in [1.54, 1.807) is 12.1 Å². The minimum Gasteiger partial charge on any atom is -0.481 e. The van der Waals surface area contributed by atoms with Gasteiger partial charge in [0, 0.05) is 20.0 Å². The van der Waals surface area contributed by atoms with Crippen LogP contribution in [0, 0.1) is 11.2 Å². The van der Waals surface area contributed by atoms with Crippen LogP contribution in [0.3, 0.4) is 0 Å². The van der Waals surface area contributed by atoms with Crippen molar-refractivity contribution in [2.45, 2.75) is 38.1 Å². The van der Waals surface area contributed by atoms with Crippen LogP contribution in [-0.4, -0.2) is 47.4 Å². The fourth-order valence-corrected chi connectivity index (χ4v) is 3.59. The minimum absolute atomic E-state index is 0.0949. The Morgan fingerprint density at radius 1 is 1.36 bits per heavy atom. The lowest BCUT2D eigenvalue weighted by Crippen LogP contribution is -2.47. The number of rotatable bonds is 5. The van der Waals surface area contributed by atoms with Crippen LogP contribution in [0.1, 0.15) is 32.1 Å². The molecule has 0 radical (unpaired) electrons. The molecule has 0 aromatic heterocycles. The summed E-state index contributed by atoms with van der Waals surface area (Å²) in [5, 5.41) is 9.37. The van der Waals surface area contributed by atoms with Gasteiger partial charge in [0.15, 0.2) is 0 Å². The summed E-state index contributed by atoms with van der Waals surface area (Å²) < 4.78 is 13.9. The maximum absolute atomic E-state index is 13.9. The van der Waals surface area contributed by atoms with Gasteiger partial charge in [0.05, 0.1) is 11.1 Å².